The maximum absolute atomic E-state index is 12.5. The molecule has 0 aliphatic rings. The average Bonchev–Trinajstić information content (AvgIpc) is 2.62. The lowest BCUT2D eigenvalue weighted by Gasteiger charge is -2.26. The molecule has 6 nitrogen and oxygen atoms in total. The third-order valence-electron chi connectivity index (χ3n) is 3.38. The number of benzene rings is 2. The zero-order chi connectivity index (χ0) is 18.2. The van der Waals surface area contributed by atoms with Crippen LogP contribution in [0.5, 0.6) is 0 Å². The van der Waals surface area contributed by atoms with Gasteiger partial charge in [-0.05, 0) is 30.7 Å². The molecule has 1 N–H and O–H groups in total. The summed E-state index contributed by atoms with van der Waals surface area (Å²) in [6.45, 7) is 1.65. The Balaban J connectivity index is 2.12. The number of carbonyl (C=O) groups is 2. The smallest absolute Gasteiger partial charge is 0.346 e. The number of esters is 1. The summed E-state index contributed by atoms with van der Waals surface area (Å²) >= 11 is 5.91. The molecule has 0 radical (unpaired) electrons. The van der Waals surface area contributed by atoms with Crippen molar-refractivity contribution >= 4 is 29.3 Å². The summed E-state index contributed by atoms with van der Waals surface area (Å²) in [4.78, 5) is 29.9. The van der Waals surface area contributed by atoms with E-state index in [0.29, 0.717) is 10.7 Å². The fraction of sp³-hybridized carbons (Fsp3) is 0.222. The molecule has 0 saturated carbocycles. The first-order valence-electron chi connectivity index (χ1n) is 7.61. The lowest BCUT2D eigenvalue weighted by atomic mass is 10.2. The van der Waals surface area contributed by atoms with Crippen LogP contribution in [-0.2, 0) is 21.0 Å². The summed E-state index contributed by atoms with van der Waals surface area (Å²) in [5.41, 5.74) is 1.35. The van der Waals surface area contributed by atoms with Crippen LogP contribution in [-0.4, -0.2) is 30.2 Å². The number of carbonyl (C=O) groups excluding carboxylic acids is 2. The number of nitrogens with one attached hydrogen (secondary N) is 1. The summed E-state index contributed by atoms with van der Waals surface area (Å²) < 4.78 is 4.70. The topological polar surface area (TPSA) is 67.9 Å². The standard InChI is InChI=1S/C18H19ClN2O4/c1-13(17(22)24-2)21(25-12-14-7-4-3-5-8-14)18(23)20-16-10-6-9-15(19)11-16/h3-11,13H,12H2,1-2H3,(H,20,23). The molecule has 0 saturated heterocycles. The highest BCUT2D eigenvalue weighted by molar-refractivity contribution is 6.30. The van der Waals surface area contributed by atoms with Crippen molar-refractivity contribution in [3.8, 4) is 0 Å². The lowest BCUT2D eigenvalue weighted by molar-refractivity contribution is -0.177. The van der Waals surface area contributed by atoms with Crippen molar-refractivity contribution in [2.45, 2.75) is 19.6 Å². The van der Waals surface area contributed by atoms with Crippen LogP contribution >= 0.6 is 11.6 Å². The van der Waals surface area contributed by atoms with Crippen LogP contribution in [0.15, 0.2) is 54.6 Å². The number of ether oxygens (including phenoxy) is 1. The third kappa shape index (κ3) is 5.48. The van der Waals surface area contributed by atoms with Gasteiger partial charge in [0.15, 0.2) is 6.04 Å². The Morgan fingerprint density at radius 3 is 2.52 bits per heavy atom. The van der Waals surface area contributed by atoms with Crippen molar-refractivity contribution in [2.24, 2.45) is 0 Å². The molecular formula is C18H19ClN2O4. The average molecular weight is 363 g/mol. The minimum absolute atomic E-state index is 0.130. The molecule has 0 heterocycles. The summed E-state index contributed by atoms with van der Waals surface area (Å²) in [5, 5.41) is 4.09. The lowest BCUT2D eigenvalue weighted by Crippen LogP contribution is -2.45. The summed E-state index contributed by atoms with van der Waals surface area (Å²) in [6.07, 6.45) is 0. The molecule has 2 aromatic carbocycles. The Labute approximate surface area is 151 Å². The van der Waals surface area contributed by atoms with Gasteiger partial charge in [-0.25, -0.2) is 9.59 Å². The first-order chi connectivity index (χ1) is 12.0. The summed E-state index contributed by atoms with van der Waals surface area (Å²) in [6, 6.07) is 14.5. The van der Waals surface area contributed by atoms with Gasteiger partial charge in [0.25, 0.3) is 0 Å². The molecule has 0 bridgehead atoms. The zero-order valence-electron chi connectivity index (χ0n) is 13.9. The van der Waals surface area contributed by atoms with Crippen LogP contribution in [0.1, 0.15) is 12.5 Å². The first-order valence-corrected chi connectivity index (χ1v) is 7.99. The van der Waals surface area contributed by atoms with Gasteiger partial charge in [0, 0.05) is 10.7 Å². The number of urea groups is 1. The largest absolute Gasteiger partial charge is 0.467 e. The number of amides is 2. The maximum Gasteiger partial charge on any atom is 0.346 e. The Morgan fingerprint density at radius 2 is 1.88 bits per heavy atom. The van der Waals surface area contributed by atoms with Gasteiger partial charge in [0.05, 0.1) is 7.11 Å². The molecule has 2 aromatic rings. The predicted molar refractivity (Wildman–Crippen MR) is 95.0 cm³/mol. The molecule has 7 heteroatoms. The molecule has 2 amide bonds. The van der Waals surface area contributed by atoms with Crippen molar-refractivity contribution in [1.82, 2.24) is 5.06 Å². The van der Waals surface area contributed by atoms with Crippen LogP contribution < -0.4 is 5.32 Å². The number of nitrogens with zero attached hydrogens (tertiary/aromatic N) is 1. The van der Waals surface area contributed by atoms with E-state index in [4.69, 9.17) is 21.2 Å². The van der Waals surface area contributed by atoms with Gasteiger partial charge in [-0.3, -0.25) is 4.84 Å². The Hall–Kier alpha value is -2.57. The minimum Gasteiger partial charge on any atom is -0.467 e. The molecule has 0 aliphatic heterocycles. The fourth-order valence-electron chi connectivity index (χ4n) is 2.08. The zero-order valence-corrected chi connectivity index (χ0v) is 14.7. The van der Waals surface area contributed by atoms with Gasteiger partial charge >= 0.3 is 12.0 Å². The first kappa shape index (κ1) is 18.8. The van der Waals surface area contributed by atoms with Gasteiger partial charge in [0.2, 0.25) is 0 Å². The quantitative estimate of drug-likeness (QED) is 0.625. The maximum atomic E-state index is 12.5. The number of hydrogen-bond donors (Lipinski definition) is 1. The van der Waals surface area contributed by atoms with E-state index in [2.05, 4.69) is 5.32 Å². The van der Waals surface area contributed by atoms with Crippen molar-refractivity contribution in [3.05, 3.63) is 65.2 Å². The van der Waals surface area contributed by atoms with Crippen LogP contribution in [0.2, 0.25) is 5.02 Å². The third-order valence-corrected chi connectivity index (χ3v) is 3.62. The van der Waals surface area contributed by atoms with Crippen LogP contribution in [0.3, 0.4) is 0 Å². The van der Waals surface area contributed by atoms with E-state index < -0.39 is 18.0 Å². The Bertz CT molecular complexity index is 724. The molecule has 0 aromatic heterocycles. The van der Waals surface area contributed by atoms with Crippen LogP contribution in [0.25, 0.3) is 0 Å². The van der Waals surface area contributed by atoms with E-state index in [9.17, 15) is 9.59 Å². The van der Waals surface area contributed by atoms with Crippen molar-refractivity contribution in [1.29, 1.82) is 0 Å². The highest BCUT2D eigenvalue weighted by Gasteiger charge is 2.28. The highest BCUT2D eigenvalue weighted by atomic mass is 35.5. The van der Waals surface area contributed by atoms with E-state index in [0.717, 1.165) is 10.6 Å². The molecule has 0 spiro atoms. The van der Waals surface area contributed by atoms with Crippen molar-refractivity contribution in [2.75, 3.05) is 12.4 Å². The van der Waals surface area contributed by atoms with E-state index >= 15 is 0 Å². The van der Waals surface area contributed by atoms with Gasteiger partial charge in [-0.2, -0.15) is 5.06 Å². The number of hydroxylamine groups is 2. The second kappa shape index (κ2) is 9.05. The number of anilines is 1. The molecule has 0 aliphatic carbocycles. The summed E-state index contributed by atoms with van der Waals surface area (Å²) in [7, 11) is 1.25. The van der Waals surface area contributed by atoms with E-state index in [1.807, 2.05) is 30.3 Å². The van der Waals surface area contributed by atoms with Crippen molar-refractivity contribution in [3.63, 3.8) is 0 Å². The Morgan fingerprint density at radius 1 is 1.16 bits per heavy atom. The molecule has 1 atom stereocenters. The Kier molecular flexibility index (Phi) is 6.80. The van der Waals surface area contributed by atoms with Crippen LogP contribution in [0, 0.1) is 0 Å². The van der Waals surface area contributed by atoms with E-state index in [1.165, 1.54) is 14.0 Å². The SMILES string of the molecule is COC(=O)C(C)N(OCc1ccccc1)C(=O)Nc1cccc(Cl)c1. The van der Waals surface area contributed by atoms with Gasteiger partial charge < -0.3 is 10.1 Å². The second-order valence-electron chi connectivity index (χ2n) is 5.22. The highest BCUT2D eigenvalue weighted by Crippen LogP contribution is 2.17. The molecule has 0 fully saturated rings. The number of rotatable bonds is 6. The summed E-state index contributed by atoms with van der Waals surface area (Å²) in [5.74, 6) is -0.589. The molecule has 2 rings (SSSR count). The fourth-order valence-corrected chi connectivity index (χ4v) is 2.27. The van der Waals surface area contributed by atoms with E-state index in [-0.39, 0.29) is 6.61 Å². The minimum atomic E-state index is -0.923. The van der Waals surface area contributed by atoms with Gasteiger partial charge in [-0.15, -0.1) is 0 Å². The predicted octanol–water partition coefficient (Wildman–Crippen LogP) is 3.87. The molecule has 1 unspecified atom stereocenters. The monoisotopic (exact) mass is 362 g/mol. The number of hydrogen-bond acceptors (Lipinski definition) is 4. The van der Waals surface area contributed by atoms with Crippen molar-refractivity contribution < 1.29 is 19.2 Å². The molecule has 25 heavy (non-hydrogen) atoms. The molecule has 132 valence electrons. The van der Waals surface area contributed by atoms with Gasteiger partial charge in [-0.1, -0.05) is 48.0 Å². The van der Waals surface area contributed by atoms with Gasteiger partial charge in [0.1, 0.15) is 6.61 Å². The normalized spacial score (nSPS) is 11.5. The number of halogens is 1. The van der Waals surface area contributed by atoms with Crippen LogP contribution in [0.4, 0.5) is 10.5 Å². The molecular weight excluding hydrogens is 344 g/mol. The number of methoxy groups -OCH3 is 1. The van der Waals surface area contributed by atoms with E-state index in [1.54, 1.807) is 24.3 Å². The second-order valence-corrected chi connectivity index (χ2v) is 5.66.